The van der Waals surface area contributed by atoms with Gasteiger partial charge in [-0.15, -0.1) is 24.8 Å². The lowest BCUT2D eigenvalue weighted by atomic mass is 9.54. The highest BCUT2D eigenvalue weighted by molar-refractivity contribution is 7.99. The van der Waals surface area contributed by atoms with Gasteiger partial charge in [0.1, 0.15) is 0 Å². The maximum Gasteiger partial charge on any atom is 0.416 e. The summed E-state index contributed by atoms with van der Waals surface area (Å²) in [5.74, 6) is 3.59. The van der Waals surface area contributed by atoms with E-state index in [-0.39, 0.29) is 37.1 Å². The summed E-state index contributed by atoms with van der Waals surface area (Å²) in [6.07, 6.45) is 3.02. The van der Waals surface area contributed by atoms with E-state index in [1.165, 1.54) is 54.8 Å². The molecule has 4 nitrogen and oxygen atoms in total. The Labute approximate surface area is 250 Å². The lowest BCUT2D eigenvalue weighted by molar-refractivity contribution is -0.137. The van der Waals surface area contributed by atoms with E-state index >= 15 is 0 Å². The number of alkyl halides is 3. The third-order valence-corrected chi connectivity index (χ3v) is 10.9. The number of carbonyl (C=O) groups excluding carboxylic acids is 1. The molecule has 4 bridgehead atoms. The zero-order valence-electron chi connectivity index (χ0n) is 22.3. The normalized spacial score (nSPS) is 29.3. The van der Waals surface area contributed by atoms with Gasteiger partial charge in [0.25, 0.3) is 0 Å². The Morgan fingerprint density at radius 2 is 1.45 bits per heavy atom. The average Bonchev–Trinajstić information content (AvgIpc) is 2.89. The second-order valence-corrected chi connectivity index (χ2v) is 13.1. The minimum atomic E-state index is -4.46. The molecule has 2 aliphatic heterocycles. The number of benzene rings is 2. The predicted octanol–water partition coefficient (Wildman–Crippen LogP) is 7.51. The van der Waals surface area contributed by atoms with Crippen molar-refractivity contribution < 1.29 is 18.0 Å². The SMILES string of the molecule is Cl.Cl.O=C(CCN1CCN(C2C3CC4CC(C3)CC2C4)CC1)N1c2ccccc2Sc2ccc(C(F)(F)F)cc21. The van der Waals surface area contributed by atoms with Gasteiger partial charge < -0.3 is 4.90 Å². The first-order valence-corrected chi connectivity index (χ1v) is 14.9. The number of nitrogens with zero attached hydrogens (tertiary/aromatic N) is 3. The number of piperazine rings is 1. The van der Waals surface area contributed by atoms with Crippen molar-refractivity contribution in [1.82, 2.24) is 9.80 Å². The molecule has 2 aromatic rings. The van der Waals surface area contributed by atoms with Crippen molar-refractivity contribution in [1.29, 1.82) is 0 Å². The molecule has 4 aliphatic carbocycles. The third kappa shape index (κ3) is 5.51. The number of carbonyl (C=O) groups is 1. The predicted molar refractivity (Wildman–Crippen MR) is 157 cm³/mol. The maximum absolute atomic E-state index is 13.6. The van der Waals surface area contributed by atoms with Crippen LogP contribution in [0.3, 0.4) is 0 Å². The van der Waals surface area contributed by atoms with Crippen molar-refractivity contribution in [3.05, 3.63) is 48.0 Å². The Morgan fingerprint density at radius 1 is 0.825 bits per heavy atom. The topological polar surface area (TPSA) is 26.8 Å². The lowest BCUT2D eigenvalue weighted by Crippen LogP contribution is -2.60. The van der Waals surface area contributed by atoms with Gasteiger partial charge in [0.05, 0.1) is 16.9 Å². The average molecular weight is 615 g/mol. The van der Waals surface area contributed by atoms with E-state index in [4.69, 9.17) is 0 Å². The third-order valence-electron chi connectivity index (χ3n) is 9.75. The highest BCUT2D eigenvalue weighted by Gasteiger charge is 2.50. The quantitative estimate of drug-likeness (QED) is 0.356. The summed E-state index contributed by atoms with van der Waals surface area (Å²) in [6.45, 7) is 4.66. The van der Waals surface area contributed by atoms with Gasteiger partial charge in [0.15, 0.2) is 0 Å². The van der Waals surface area contributed by atoms with Crippen LogP contribution in [0.15, 0.2) is 52.3 Å². The molecule has 5 fully saturated rings. The van der Waals surface area contributed by atoms with Crippen molar-refractivity contribution in [3.8, 4) is 0 Å². The largest absolute Gasteiger partial charge is 0.416 e. The fraction of sp³-hybridized carbons (Fsp3) is 0.567. The van der Waals surface area contributed by atoms with Gasteiger partial charge in [-0.25, -0.2) is 0 Å². The minimum Gasteiger partial charge on any atom is -0.300 e. The Balaban J connectivity index is 0.00000161. The smallest absolute Gasteiger partial charge is 0.300 e. The summed E-state index contributed by atoms with van der Waals surface area (Å²) >= 11 is 1.42. The van der Waals surface area contributed by atoms with Crippen LogP contribution in [0.1, 0.15) is 44.1 Å². The molecule has 10 heteroatoms. The molecule has 8 rings (SSSR count). The fourth-order valence-corrected chi connectivity index (χ4v) is 9.38. The molecule has 6 aliphatic rings. The van der Waals surface area contributed by atoms with E-state index in [1.54, 1.807) is 0 Å². The molecular formula is C30H36Cl2F3N3OS. The van der Waals surface area contributed by atoms with Crippen LogP contribution in [0.4, 0.5) is 24.5 Å². The van der Waals surface area contributed by atoms with E-state index in [0.29, 0.717) is 22.8 Å². The Hall–Kier alpha value is -1.45. The van der Waals surface area contributed by atoms with Gasteiger partial charge in [0, 0.05) is 55.0 Å². The molecule has 0 aromatic heterocycles. The van der Waals surface area contributed by atoms with E-state index in [1.807, 2.05) is 24.3 Å². The van der Waals surface area contributed by atoms with Crippen LogP contribution in [0, 0.1) is 23.7 Å². The van der Waals surface area contributed by atoms with Crippen molar-refractivity contribution >= 4 is 53.9 Å². The molecule has 40 heavy (non-hydrogen) atoms. The number of halogens is 5. The molecule has 0 unspecified atom stereocenters. The van der Waals surface area contributed by atoms with Crippen LogP contribution in [-0.4, -0.2) is 54.5 Å². The van der Waals surface area contributed by atoms with Crippen LogP contribution >= 0.6 is 36.6 Å². The molecule has 1 amide bonds. The van der Waals surface area contributed by atoms with Crippen LogP contribution in [-0.2, 0) is 11.0 Å². The molecule has 0 atom stereocenters. The second-order valence-electron chi connectivity index (χ2n) is 12.0. The summed E-state index contributed by atoms with van der Waals surface area (Å²) < 4.78 is 40.5. The van der Waals surface area contributed by atoms with Crippen LogP contribution in [0.5, 0.6) is 0 Å². The number of para-hydroxylation sites is 1. The fourth-order valence-electron chi connectivity index (χ4n) is 8.34. The van der Waals surface area contributed by atoms with Gasteiger partial charge >= 0.3 is 6.18 Å². The number of amides is 1. The number of rotatable bonds is 4. The molecule has 0 N–H and O–H groups in total. The Bertz CT molecular complexity index is 1210. The highest BCUT2D eigenvalue weighted by atomic mass is 35.5. The van der Waals surface area contributed by atoms with E-state index in [9.17, 15) is 18.0 Å². The summed E-state index contributed by atoms with van der Waals surface area (Å²) in [5, 5.41) is 0. The summed E-state index contributed by atoms with van der Waals surface area (Å²) in [4.78, 5) is 21.8. The summed E-state index contributed by atoms with van der Waals surface area (Å²) in [6, 6.07) is 12.0. The number of fused-ring (bicyclic) bond motifs is 2. The summed E-state index contributed by atoms with van der Waals surface area (Å²) in [5.41, 5.74) is 0.274. The van der Waals surface area contributed by atoms with E-state index < -0.39 is 11.7 Å². The van der Waals surface area contributed by atoms with Crippen molar-refractivity contribution in [2.45, 2.75) is 60.5 Å². The lowest BCUT2D eigenvalue weighted by Gasteiger charge is -2.58. The van der Waals surface area contributed by atoms with E-state index in [0.717, 1.165) is 72.9 Å². The first-order valence-electron chi connectivity index (χ1n) is 14.1. The first kappa shape index (κ1) is 30.0. The molecule has 2 aromatic carbocycles. The van der Waals surface area contributed by atoms with Crippen molar-refractivity contribution in [2.24, 2.45) is 23.7 Å². The molecule has 0 radical (unpaired) electrons. The van der Waals surface area contributed by atoms with Crippen molar-refractivity contribution in [3.63, 3.8) is 0 Å². The van der Waals surface area contributed by atoms with Gasteiger partial charge in [-0.1, -0.05) is 23.9 Å². The van der Waals surface area contributed by atoms with Crippen LogP contribution in [0.25, 0.3) is 0 Å². The summed E-state index contributed by atoms with van der Waals surface area (Å²) in [7, 11) is 0. The monoisotopic (exact) mass is 613 g/mol. The van der Waals surface area contributed by atoms with Crippen molar-refractivity contribution in [2.75, 3.05) is 37.6 Å². The Kier molecular flexibility index (Phi) is 8.76. The Morgan fingerprint density at radius 3 is 2.10 bits per heavy atom. The molecule has 1 saturated heterocycles. The number of anilines is 2. The highest BCUT2D eigenvalue weighted by Crippen LogP contribution is 2.55. The second kappa shape index (κ2) is 11.7. The minimum absolute atomic E-state index is 0. The maximum atomic E-state index is 13.6. The molecule has 2 heterocycles. The standard InChI is InChI=1S/C30H34F3N3OS.2ClH/c31-30(32,33)23-5-6-27-25(18-23)36(24-3-1-2-4-26(24)38-27)28(37)7-8-34-9-11-35(12-10-34)29-21-14-19-13-20(16-21)17-22(29)15-19;;/h1-6,18-22,29H,7-17H2;2*1H. The van der Waals surface area contributed by atoms with Gasteiger partial charge in [-0.3, -0.25) is 14.6 Å². The van der Waals surface area contributed by atoms with E-state index in [2.05, 4.69) is 9.80 Å². The zero-order valence-corrected chi connectivity index (χ0v) is 24.8. The zero-order chi connectivity index (χ0) is 26.0. The molecule has 4 saturated carbocycles. The molecule has 0 spiro atoms. The number of hydrogen-bond acceptors (Lipinski definition) is 4. The van der Waals surface area contributed by atoms with Crippen LogP contribution in [0.2, 0.25) is 0 Å². The van der Waals surface area contributed by atoms with Gasteiger partial charge in [-0.2, -0.15) is 13.2 Å². The molecular weight excluding hydrogens is 578 g/mol. The van der Waals surface area contributed by atoms with Gasteiger partial charge in [-0.05, 0) is 86.1 Å². The van der Waals surface area contributed by atoms with Crippen LogP contribution < -0.4 is 4.90 Å². The first-order chi connectivity index (χ1) is 18.3. The number of hydrogen-bond donors (Lipinski definition) is 0. The van der Waals surface area contributed by atoms with Gasteiger partial charge in [0.2, 0.25) is 5.91 Å². The molecule has 218 valence electrons.